The predicted octanol–water partition coefficient (Wildman–Crippen LogP) is 4.37. The average Bonchev–Trinajstić information content (AvgIpc) is 3.07. The van der Waals surface area contributed by atoms with Gasteiger partial charge in [-0.25, -0.2) is 13.2 Å². The smallest absolute Gasteiger partial charge is 0.257 e. The number of carbonyl (C=O) groups excluding carboxylic acids is 1. The van der Waals surface area contributed by atoms with Crippen LogP contribution in [-0.2, 0) is 6.54 Å². The van der Waals surface area contributed by atoms with Crippen LogP contribution in [0.1, 0.15) is 35.2 Å². The second-order valence-electron chi connectivity index (χ2n) is 7.12. The molecule has 27 heavy (non-hydrogen) atoms. The summed E-state index contributed by atoms with van der Waals surface area (Å²) in [6.45, 7) is 2.15. The highest BCUT2D eigenvalue weighted by atomic mass is 35.5. The van der Waals surface area contributed by atoms with Crippen molar-refractivity contribution in [3.05, 3.63) is 57.5 Å². The van der Waals surface area contributed by atoms with Gasteiger partial charge in [0.2, 0.25) is 0 Å². The maximum atomic E-state index is 14.2. The van der Waals surface area contributed by atoms with Crippen LogP contribution in [-0.4, -0.2) is 29.9 Å². The van der Waals surface area contributed by atoms with Gasteiger partial charge in [-0.15, -0.1) is 12.4 Å². The van der Waals surface area contributed by atoms with Crippen LogP contribution < -0.4 is 5.32 Å². The van der Waals surface area contributed by atoms with Crippen molar-refractivity contribution < 1.29 is 18.0 Å². The lowest BCUT2D eigenvalue weighted by atomic mass is 9.93. The van der Waals surface area contributed by atoms with Crippen molar-refractivity contribution in [3.63, 3.8) is 0 Å². The Balaban J connectivity index is 0.00000210. The number of nitrogens with one attached hydrogen (secondary N) is 1. The van der Waals surface area contributed by atoms with Crippen LogP contribution in [0, 0.1) is 22.9 Å². The van der Waals surface area contributed by atoms with Crippen molar-refractivity contribution >= 4 is 29.7 Å². The first-order valence-electron chi connectivity index (χ1n) is 8.68. The van der Waals surface area contributed by atoms with Crippen LogP contribution in [0.25, 0.3) is 0 Å². The van der Waals surface area contributed by atoms with Crippen LogP contribution in [0.15, 0.2) is 29.0 Å². The van der Waals surface area contributed by atoms with E-state index in [1.807, 2.05) is 16.8 Å². The van der Waals surface area contributed by atoms with Crippen LogP contribution in [0.3, 0.4) is 0 Å². The quantitative estimate of drug-likeness (QED) is 0.750. The van der Waals surface area contributed by atoms with E-state index in [0.717, 1.165) is 50.0 Å². The topological polar surface area (TPSA) is 32.3 Å². The number of rotatable bonds is 4. The van der Waals surface area contributed by atoms with Crippen LogP contribution >= 0.6 is 23.7 Å². The Hall–Kier alpha value is -1.57. The molecule has 1 saturated carbocycles. The van der Waals surface area contributed by atoms with Crippen molar-refractivity contribution in [2.24, 2.45) is 5.41 Å². The number of halogens is 4. The van der Waals surface area contributed by atoms with Gasteiger partial charge >= 0.3 is 0 Å². The average molecular weight is 417 g/mol. The van der Waals surface area contributed by atoms with E-state index in [4.69, 9.17) is 0 Å². The van der Waals surface area contributed by atoms with Crippen molar-refractivity contribution in [2.75, 3.05) is 13.1 Å². The monoisotopic (exact) mass is 416 g/mol. The number of amides is 1. The van der Waals surface area contributed by atoms with E-state index < -0.39 is 28.9 Å². The molecule has 2 aliphatic rings. The van der Waals surface area contributed by atoms with Crippen LogP contribution in [0.5, 0.6) is 0 Å². The van der Waals surface area contributed by atoms with Gasteiger partial charge in [0, 0.05) is 12.6 Å². The minimum atomic E-state index is -1.60. The SMILES string of the molecule is Cl.O=C(c1ccc(F)c(F)c1F)N(Cc1ccsc1)C1CC12CCNCC2. The molecular weight excluding hydrogens is 397 g/mol. The van der Waals surface area contributed by atoms with E-state index >= 15 is 0 Å². The first-order chi connectivity index (χ1) is 12.5. The molecule has 2 fully saturated rings. The molecule has 146 valence electrons. The van der Waals surface area contributed by atoms with Crippen molar-refractivity contribution in [3.8, 4) is 0 Å². The second-order valence-corrected chi connectivity index (χ2v) is 7.90. The van der Waals surface area contributed by atoms with Crippen molar-refractivity contribution in [2.45, 2.75) is 31.8 Å². The first kappa shape index (κ1) is 20.2. The minimum absolute atomic E-state index is 0. The second kappa shape index (κ2) is 7.81. The van der Waals surface area contributed by atoms with Gasteiger partial charge in [0.1, 0.15) is 0 Å². The Bertz CT molecular complexity index is 825. The summed E-state index contributed by atoms with van der Waals surface area (Å²) in [5.41, 5.74) is 0.615. The summed E-state index contributed by atoms with van der Waals surface area (Å²) in [4.78, 5) is 14.7. The number of hydrogen-bond donors (Lipinski definition) is 1. The number of thiophene rings is 1. The number of carbonyl (C=O) groups is 1. The molecule has 3 nitrogen and oxygen atoms in total. The first-order valence-corrected chi connectivity index (χ1v) is 9.62. The third-order valence-corrected chi connectivity index (χ3v) is 6.31. The highest BCUT2D eigenvalue weighted by molar-refractivity contribution is 7.07. The predicted molar refractivity (Wildman–Crippen MR) is 101 cm³/mol. The zero-order valence-electron chi connectivity index (χ0n) is 14.5. The molecule has 0 bridgehead atoms. The standard InChI is InChI=1S/C19H19F3N2OS.ClH/c20-14-2-1-13(16(21)17(14)22)18(25)24(10-12-3-8-26-11-12)15-9-19(15)4-6-23-7-5-19;/h1-3,8,11,15,23H,4-7,9-10H2;1H. The Morgan fingerprint density at radius 2 is 1.93 bits per heavy atom. The number of benzene rings is 1. The maximum absolute atomic E-state index is 14.2. The molecule has 1 aliphatic carbocycles. The van der Waals surface area contributed by atoms with Gasteiger partial charge in [0.15, 0.2) is 17.5 Å². The van der Waals surface area contributed by atoms with Gasteiger partial charge < -0.3 is 10.2 Å². The lowest BCUT2D eigenvalue weighted by molar-refractivity contribution is 0.0686. The molecule has 1 unspecified atom stereocenters. The van der Waals surface area contributed by atoms with E-state index in [2.05, 4.69) is 5.32 Å². The number of piperidine rings is 1. The highest BCUT2D eigenvalue weighted by Crippen LogP contribution is 2.56. The molecule has 8 heteroatoms. The third kappa shape index (κ3) is 3.73. The molecule has 4 rings (SSSR count). The summed E-state index contributed by atoms with van der Waals surface area (Å²) in [5.74, 6) is -4.87. The lowest BCUT2D eigenvalue weighted by Gasteiger charge is -2.29. The molecule has 1 atom stereocenters. The molecule has 1 saturated heterocycles. The minimum Gasteiger partial charge on any atom is -0.331 e. The van der Waals surface area contributed by atoms with Gasteiger partial charge in [0.25, 0.3) is 5.91 Å². The van der Waals surface area contributed by atoms with Crippen LogP contribution in [0.4, 0.5) is 13.2 Å². The summed E-state index contributed by atoms with van der Waals surface area (Å²) < 4.78 is 41.1. The van der Waals surface area contributed by atoms with Gasteiger partial charge in [-0.2, -0.15) is 11.3 Å². The van der Waals surface area contributed by atoms with E-state index in [9.17, 15) is 18.0 Å². The van der Waals surface area contributed by atoms with E-state index in [0.29, 0.717) is 6.54 Å². The molecular formula is C19H20ClF3N2OS. The largest absolute Gasteiger partial charge is 0.331 e. The van der Waals surface area contributed by atoms with E-state index in [1.54, 1.807) is 4.90 Å². The fraction of sp³-hybridized carbons (Fsp3) is 0.421. The van der Waals surface area contributed by atoms with E-state index in [1.165, 1.54) is 11.3 Å². The van der Waals surface area contributed by atoms with Crippen molar-refractivity contribution in [1.82, 2.24) is 10.2 Å². The lowest BCUT2D eigenvalue weighted by Crippen LogP contribution is -2.39. The highest BCUT2D eigenvalue weighted by Gasteiger charge is 2.58. The van der Waals surface area contributed by atoms with Crippen molar-refractivity contribution in [1.29, 1.82) is 0 Å². The zero-order valence-corrected chi connectivity index (χ0v) is 16.1. The Kier molecular flexibility index (Phi) is 5.84. The molecule has 2 aromatic rings. The maximum Gasteiger partial charge on any atom is 0.257 e. The molecule has 2 heterocycles. The van der Waals surface area contributed by atoms with Gasteiger partial charge in [-0.1, -0.05) is 0 Å². The number of nitrogens with zero attached hydrogens (tertiary/aromatic N) is 1. The molecule has 0 radical (unpaired) electrons. The number of hydrogen-bond acceptors (Lipinski definition) is 3. The molecule has 1 spiro atoms. The summed E-state index contributed by atoms with van der Waals surface area (Å²) in [6, 6.07) is 3.77. The normalized spacial score (nSPS) is 20.2. The molecule has 1 amide bonds. The summed E-state index contributed by atoms with van der Waals surface area (Å²) >= 11 is 1.52. The molecule has 1 aliphatic heterocycles. The summed E-state index contributed by atoms with van der Waals surface area (Å²) in [5, 5.41) is 7.18. The Morgan fingerprint density at radius 3 is 2.59 bits per heavy atom. The Labute approximate surface area is 166 Å². The van der Waals surface area contributed by atoms with Gasteiger partial charge in [0.05, 0.1) is 5.56 Å². The molecule has 1 N–H and O–H groups in total. The van der Waals surface area contributed by atoms with Gasteiger partial charge in [-0.05, 0) is 72.3 Å². The van der Waals surface area contributed by atoms with Gasteiger partial charge in [-0.3, -0.25) is 4.79 Å². The third-order valence-electron chi connectivity index (χ3n) is 5.58. The fourth-order valence-electron chi connectivity index (χ4n) is 3.98. The fourth-order valence-corrected chi connectivity index (χ4v) is 4.64. The molecule has 1 aromatic heterocycles. The summed E-state index contributed by atoms with van der Waals surface area (Å²) in [6.07, 6.45) is 2.80. The molecule has 1 aromatic carbocycles. The zero-order chi connectivity index (χ0) is 18.3. The van der Waals surface area contributed by atoms with E-state index in [-0.39, 0.29) is 23.9 Å². The van der Waals surface area contributed by atoms with Crippen LogP contribution in [0.2, 0.25) is 0 Å². The summed E-state index contributed by atoms with van der Waals surface area (Å²) in [7, 11) is 0. The Morgan fingerprint density at radius 1 is 1.19 bits per heavy atom.